The summed E-state index contributed by atoms with van der Waals surface area (Å²) in [6, 6.07) is 3.42. The Hall–Kier alpha value is -0.870. The van der Waals surface area contributed by atoms with Gasteiger partial charge in [-0.25, -0.2) is 0 Å². The Balaban J connectivity index is 1.97. The van der Waals surface area contributed by atoms with Crippen LogP contribution < -0.4 is 5.32 Å². The third kappa shape index (κ3) is 3.57. The van der Waals surface area contributed by atoms with Crippen molar-refractivity contribution in [2.75, 3.05) is 19.6 Å². The van der Waals surface area contributed by atoms with Gasteiger partial charge in [0.25, 0.3) is 0 Å². The first-order valence-corrected chi connectivity index (χ1v) is 7.77. The van der Waals surface area contributed by atoms with Gasteiger partial charge in [-0.2, -0.15) is 5.10 Å². The van der Waals surface area contributed by atoms with E-state index in [0.29, 0.717) is 12.1 Å². The Bertz CT molecular complexity index is 364. The summed E-state index contributed by atoms with van der Waals surface area (Å²) < 4.78 is 2.15. The molecule has 1 aromatic rings. The van der Waals surface area contributed by atoms with E-state index in [-0.39, 0.29) is 0 Å². The molecule has 4 nitrogen and oxygen atoms in total. The Morgan fingerprint density at radius 1 is 1.42 bits per heavy atom. The van der Waals surface area contributed by atoms with Crippen molar-refractivity contribution in [3.8, 4) is 0 Å². The van der Waals surface area contributed by atoms with Crippen LogP contribution in [0.1, 0.15) is 51.8 Å². The SMILES string of the molecule is CCC(CC)n1ccc(CN(CC)C2CCNC2)n1. The molecule has 1 N–H and O–H groups in total. The Morgan fingerprint density at radius 2 is 2.21 bits per heavy atom. The van der Waals surface area contributed by atoms with Crippen LogP contribution in [0.3, 0.4) is 0 Å². The van der Waals surface area contributed by atoms with Crippen molar-refractivity contribution in [1.82, 2.24) is 20.0 Å². The molecule has 0 aromatic carbocycles. The first-order valence-electron chi connectivity index (χ1n) is 7.77. The van der Waals surface area contributed by atoms with Crippen LogP contribution in [0.4, 0.5) is 0 Å². The lowest BCUT2D eigenvalue weighted by Crippen LogP contribution is -2.36. The molecule has 1 saturated heterocycles. The number of aromatic nitrogens is 2. The Morgan fingerprint density at radius 3 is 2.79 bits per heavy atom. The maximum Gasteiger partial charge on any atom is 0.0765 e. The molecule has 1 aliphatic heterocycles. The lowest BCUT2D eigenvalue weighted by molar-refractivity contribution is 0.207. The number of rotatable bonds is 7. The molecule has 4 heteroatoms. The van der Waals surface area contributed by atoms with E-state index >= 15 is 0 Å². The molecule has 0 bridgehead atoms. The van der Waals surface area contributed by atoms with Gasteiger partial charge in [0.2, 0.25) is 0 Å². The number of likely N-dealkylation sites (N-methyl/N-ethyl adjacent to an activating group) is 1. The van der Waals surface area contributed by atoms with E-state index in [0.717, 1.165) is 39.0 Å². The summed E-state index contributed by atoms with van der Waals surface area (Å²) in [5.74, 6) is 0. The van der Waals surface area contributed by atoms with E-state index in [1.807, 2.05) is 0 Å². The van der Waals surface area contributed by atoms with Crippen molar-refractivity contribution in [3.63, 3.8) is 0 Å². The molecule has 1 fully saturated rings. The topological polar surface area (TPSA) is 33.1 Å². The Labute approximate surface area is 117 Å². The average Bonchev–Trinajstić information content (AvgIpc) is 3.09. The molecule has 1 atom stereocenters. The largest absolute Gasteiger partial charge is 0.315 e. The molecule has 1 aromatic heterocycles. The van der Waals surface area contributed by atoms with Crippen LogP contribution in [0, 0.1) is 0 Å². The van der Waals surface area contributed by atoms with Crippen LogP contribution in [-0.4, -0.2) is 40.4 Å². The Kier molecular flexibility index (Phi) is 5.40. The van der Waals surface area contributed by atoms with Crippen molar-refractivity contribution in [1.29, 1.82) is 0 Å². The molecule has 1 unspecified atom stereocenters. The lowest BCUT2D eigenvalue weighted by atomic mass is 10.2. The van der Waals surface area contributed by atoms with Crippen molar-refractivity contribution >= 4 is 0 Å². The first kappa shape index (κ1) is 14.5. The van der Waals surface area contributed by atoms with Gasteiger partial charge >= 0.3 is 0 Å². The van der Waals surface area contributed by atoms with Crippen molar-refractivity contribution < 1.29 is 0 Å². The van der Waals surface area contributed by atoms with E-state index in [2.05, 4.69) is 47.9 Å². The van der Waals surface area contributed by atoms with E-state index < -0.39 is 0 Å². The third-order valence-electron chi connectivity index (χ3n) is 4.30. The maximum atomic E-state index is 4.77. The van der Waals surface area contributed by atoms with Crippen LogP contribution in [0.5, 0.6) is 0 Å². The molecule has 0 amide bonds. The summed E-state index contributed by atoms with van der Waals surface area (Å²) in [6.07, 6.45) is 5.72. The van der Waals surface area contributed by atoms with Gasteiger partial charge < -0.3 is 5.32 Å². The van der Waals surface area contributed by atoms with Crippen LogP contribution in [0.15, 0.2) is 12.3 Å². The molecule has 0 aliphatic carbocycles. The fraction of sp³-hybridized carbons (Fsp3) is 0.800. The van der Waals surface area contributed by atoms with Crippen molar-refractivity contribution in [3.05, 3.63) is 18.0 Å². The predicted octanol–water partition coefficient (Wildman–Crippen LogP) is 2.43. The minimum absolute atomic E-state index is 0.553. The number of hydrogen-bond acceptors (Lipinski definition) is 3. The lowest BCUT2D eigenvalue weighted by Gasteiger charge is -2.25. The molecule has 2 heterocycles. The highest BCUT2D eigenvalue weighted by Crippen LogP contribution is 2.16. The highest BCUT2D eigenvalue weighted by Gasteiger charge is 2.21. The number of nitrogens with one attached hydrogen (secondary N) is 1. The predicted molar refractivity (Wildman–Crippen MR) is 79.2 cm³/mol. The molecule has 108 valence electrons. The molecule has 2 rings (SSSR count). The minimum atomic E-state index is 0.553. The van der Waals surface area contributed by atoms with Crippen LogP contribution in [-0.2, 0) is 6.54 Å². The van der Waals surface area contributed by atoms with E-state index in [4.69, 9.17) is 5.10 Å². The zero-order chi connectivity index (χ0) is 13.7. The zero-order valence-electron chi connectivity index (χ0n) is 12.6. The van der Waals surface area contributed by atoms with Gasteiger partial charge in [0.1, 0.15) is 0 Å². The first-order chi connectivity index (χ1) is 9.28. The molecular weight excluding hydrogens is 236 g/mol. The summed E-state index contributed by atoms with van der Waals surface area (Å²) in [7, 11) is 0. The second-order valence-electron chi connectivity index (χ2n) is 5.47. The van der Waals surface area contributed by atoms with E-state index in [1.165, 1.54) is 12.1 Å². The van der Waals surface area contributed by atoms with Crippen LogP contribution in [0.25, 0.3) is 0 Å². The minimum Gasteiger partial charge on any atom is -0.315 e. The molecule has 19 heavy (non-hydrogen) atoms. The van der Waals surface area contributed by atoms with Crippen molar-refractivity contribution in [2.24, 2.45) is 0 Å². The quantitative estimate of drug-likeness (QED) is 0.821. The van der Waals surface area contributed by atoms with E-state index in [1.54, 1.807) is 0 Å². The van der Waals surface area contributed by atoms with Gasteiger partial charge in [-0.3, -0.25) is 9.58 Å². The molecule has 0 saturated carbocycles. The number of nitrogens with zero attached hydrogens (tertiary/aromatic N) is 3. The highest BCUT2D eigenvalue weighted by atomic mass is 15.3. The summed E-state index contributed by atoms with van der Waals surface area (Å²) in [4.78, 5) is 2.54. The van der Waals surface area contributed by atoms with Crippen LogP contribution >= 0.6 is 0 Å². The molecular formula is C15H28N4. The van der Waals surface area contributed by atoms with E-state index in [9.17, 15) is 0 Å². The maximum absolute atomic E-state index is 4.77. The second kappa shape index (κ2) is 7.06. The normalized spacial score (nSPS) is 19.7. The van der Waals surface area contributed by atoms with Crippen LogP contribution in [0.2, 0.25) is 0 Å². The fourth-order valence-corrected chi connectivity index (χ4v) is 2.99. The zero-order valence-corrected chi connectivity index (χ0v) is 12.6. The standard InChI is InChI=1S/C15H28N4/c1-4-14(5-2)19-10-8-13(17-19)12-18(6-3)15-7-9-16-11-15/h8,10,14-16H,4-7,9,11-12H2,1-3H3. The van der Waals surface area contributed by atoms with Gasteiger partial charge in [-0.15, -0.1) is 0 Å². The summed E-state index contributed by atoms with van der Waals surface area (Å²) >= 11 is 0. The molecule has 0 spiro atoms. The summed E-state index contributed by atoms with van der Waals surface area (Å²) in [5, 5.41) is 8.21. The van der Waals surface area contributed by atoms with Gasteiger partial charge in [0, 0.05) is 25.3 Å². The van der Waals surface area contributed by atoms with Gasteiger partial charge in [0.15, 0.2) is 0 Å². The molecule has 0 radical (unpaired) electrons. The number of hydrogen-bond donors (Lipinski definition) is 1. The molecule has 1 aliphatic rings. The summed E-state index contributed by atoms with van der Waals surface area (Å²) in [5.41, 5.74) is 1.21. The van der Waals surface area contributed by atoms with Crippen molar-refractivity contribution in [2.45, 2.75) is 58.7 Å². The van der Waals surface area contributed by atoms with Gasteiger partial charge in [-0.05, 0) is 38.4 Å². The van der Waals surface area contributed by atoms with Gasteiger partial charge in [-0.1, -0.05) is 20.8 Å². The van der Waals surface area contributed by atoms with Gasteiger partial charge in [0.05, 0.1) is 11.7 Å². The highest BCUT2D eigenvalue weighted by molar-refractivity contribution is 5.00. The average molecular weight is 264 g/mol. The second-order valence-corrected chi connectivity index (χ2v) is 5.47. The summed E-state index contributed by atoms with van der Waals surface area (Å²) in [6.45, 7) is 11.1. The smallest absolute Gasteiger partial charge is 0.0765 e. The third-order valence-corrected chi connectivity index (χ3v) is 4.30. The monoisotopic (exact) mass is 264 g/mol. The fourth-order valence-electron chi connectivity index (χ4n) is 2.99.